The molecule has 6 heteroatoms. The van der Waals surface area contributed by atoms with Crippen LogP contribution in [0, 0.1) is 12.8 Å². The van der Waals surface area contributed by atoms with Crippen LogP contribution in [-0.2, 0) is 9.59 Å². The van der Waals surface area contributed by atoms with Crippen LogP contribution in [0.1, 0.15) is 18.4 Å². The molecule has 1 aromatic rings. The maximum atomic E-state index is 12.1. The molecule has 0 saturated carbocycles. The Morgan fingerprint density at radius 3 is 2.57 bits per heavy atom. The number of carboxylic acid groups (broad SMARTS) is 1. The highest BCUT2D eigenvalue weighted by Crippen LogP contribution is 2.23. The number of likely N-dealkylation sites (N-methyl/N-ethyl adjacent to an activating group) is 1. The lowest BCUT2D eigenvalue weighted by Crippen LogP contribution is -2.42. The number of anilines is 1. The van der Waals surface area contributed by atoms with Gasteiger partial charge in [-0.05, 0) is 31.4 Å². The number of aromatic nitrogens is 1. The minimum atomic E-state index is -0.979. The highest BCUT2D eigenvalue weighted by Gasteiger charge is 2.28. The van der Waals surface area contributed by atoms with Crippen molar-refractivity contribution in [1.82, 2.24) is 9.88 Å². The van der Waals surface area contributed by atoms with Gasteiger partial charge in [-0.3, -0.25) is 9.59 Å². The van der Waals surface area contributed by atoms with Gasteiger partial charge in [-0.2, -0.15) is 0 Å². The largest absolute Gasteiger partial charge is 0.480 e. The second-order valence-corrected chi connectivity index (χ2v) is 5.54. The molecule has 0 atom stereocenters. The Labute approximate surface area is 124 Å². The fourth-order valence-corrected chi connectivity index (χ4v) is 2.60. The van der Waals surface area contributed by atoms with Crippen molar-refractivity contribution in [3.8, 4) is 0 Å². The number of nitrogens with zero attached hydrogens (tertiary/aromatic N) is 3. The van der Waals surface area contributed by atoms with Crippen LogP contribution in [0.25, 0.3) is 0 Å². The fourth-order valence-electron chi connectivity index (χ4n) is 2.60. The van der Waals surface area contributed by atoms with Crippen molar-refractivity contribution in [1.29, 1.82) is 0 Å². The topological polar surface area (TPSA) is 73.7 Å². The Morgan fingerprint density at radius 2 is 2.05 bits per heavy atom. The standard InChI is InChI=1S/C15H21N3O3/c1-11-3-4-13(16-9-11)18-7-5-12(6-8-18)15(21)17(2)10-14(19)20/h3-4,9,12H,5-8,10H2,1-2H3,(H,19,20). The first-order valence-electron chi connectivity index (χ1n) is 7.11. The van der Waals surface area contributed by atoms with E-state index in [4.69, 9.17) is 5.11 Å². The van der Waals surface area contributed by atoms with E-state index in [1.54, 1.807) is 7.05 Å². The number of aliphatic carboxylic acids is 1. The highest BCUT2D eigenvalue weighted by atomic mass is 16.4. The van der Waals surface area contributed by atoms with Crippen molar-refractivity contribution in [3.05, 3.63) is 23.9 Å². The average molecular weight is 291 g/mol. The van der Waals surface area contributed by atoms with E-state index in [-0.39, 0.29) is 18.4 Å². The summed E-state index contributed by atoms with van der Waals surface area (Å²) in [6, 6.07) is 4.02. The molecule has 2 rings (SSSR count). The van der Waals surface area contributed by atoms with Crippen LogP contribution in [0.5, 0.6) is 0 Å². The predicted octanol–water partition coefficient (Wildman–Crippen LogP) is 1.15. The Hall–Kier alpha value is -2.11. The van der Waals surface area contributed by atoms with E-state index in [1.807, 2.05) is 25.3 Å². The highest BCUT2D eigenvalue weighted by molar-refractivity contribution is 5.83. The van der Waals surface area contributed by atoms with Gasteiger partial charge in [0, 0.05) is 32.3 Å². The van der Waals surface area contributed by atoms with Gasteiger partial charge in [-0.1, -0.05) is 6.07 Å². The maximum Gasteiger partial charge on any atom is 0.323 e. The summed E-state index contributed by atoms with van der Waals surface area (Å²) in [6.45, 7) is 3.30. The SMILES string of the molecule is Cc1ccc(N2CCC(C(=O)N(C)CC(=O)O)CC2)nc1. The van der Waals surface area contributed by atoms with Crippen LogP contribution in [0.3, 0.4) is 0 Å². The van der Waals surface area contributed by atoms with Crippen molar-refractivity contribution in [2.75, 3.05) is 31.6 Å². The van der Waals surface area contributed by atoms with Crippen LogP contribution in [0.15, 0.2) is 18.3 Å². The van der Waals surface area contributed by atoms with Gasteiger partial charge in [-0.15, -0.1) is 0 Å². The van der Waals surface area contributed by atoms with Crippen LogP contribution in [-0.4, -0.2) is 53.5 Å². The molecule has 1 N–H and O–H groups in total. The van der Waals surface area contributed by atoms with Crippen molar-refractivity contribution in [2.45, 2.75) is 19.8 Å². The van der Waals surface area contributed by atoms with Gasteiger partial charge < -0.3 is 14.9 Å². The number of carbonyl (C=O) groups excluding carboxylic acids is 1. The van der Waals surface area contributed by atoms with Crippen LogP contribution in [0.4, 0.5) is 5.82 Å². The summed E-state index contributed by atoms with van der Waals surface area (Å²) in [5, 5.41) is 8.73. The summed E-state index contributed by atoms with van der Waals surface area (Å²) < 4.78 is 0. The van der Waals surface area contributed by atoms with E-state index in [0.717, 1.165) is 37.3 Å². The van der Waals surface area contributed by atoms with E-state index in [2.05, 4.69) is 9.88 Å². The summed E-state index contributed by atoms with van der Waals surface area (Å²) >= 11 is 0. The lowest BCUT2D eigenvalue weighted by Gasteiger charge is -2.33. The number of pyridine rings is 1. The first-order chi connectivity index (χ1) is 9.97. The summed E-state index contributed by atoms with van der Waals surface area (Å²) in [4.78, 5) is 30.7. The number of carboxylic acids is 1. The molecule has 0 bridgehead atoms. The lowest BCUT2D eigenvalue weighted by molar-refractivity contribution is -0.145. The number of hydrogen-bond donors (Lipinski definition) is 1. The summed E-state index contributed by atoms with van der Waals surface area (Å²) in [7, 11) is 1.55. The van der Waals surface area contributed by atoms with E-state index in [9.17, 15) is 9.59 Å². The number of amides is 1. The zero-order valence-corrected chi connectivity index (χ0v) is 12.5. The third kappa shape index (κ3) is 3.93. The van der Waals surface area contributed by atoms with Crippen LogP contribution < -0.4 is 4.90 Å². The summed E-state index contributed by atoms with van der Waals surface area (Å²) in [5.41, 5.74) is 1.12. The van der Waals surface area contributed by atoms with E-state index < -0.39 is 5.97 Å². The molecule has 1 saturated heterocycles. The van der Waals surface area contributed by atoms with E-state index in [0.29, 0.717) is 0 Å². The molecule has 1 aromatic heterocycles. The van der Waals surface area contributed by atoms with Gasteiger partial charge in [0.05, 0.1) is 0 Å². The zero-order chi connectivity index (χ0) is 15.4. The molecule has 1 aliphatic heterocycles. The van der Waals surface area contributed by atoms with Gasteiger partial charge in [-0.25, -0.2) is 4.98 Å². The monoisotopic (exact) mass is 291 g/mol. The third-order valence-corrected chi connectivity index (χ3v) is 3.81. The molecule has 1 aliphatic rings. The first kappa shape index (κ1) is 15.3. The van der Waals surface area contributed by atoms with Crippen LogP contribution >= 0.6 is 0 Å². The Balaban J connectivity index is 1.89. The molecule has 1 amide bonds. The lowest BCUT2D eigenvalue weighted by atomic mass is 9.95. The molecule has 114 valence electrons. The van der Waals surface area contributed by atoms with Gasteiger partial charge in [0.15, 0.2) is 0 Å². The predicted molar refractivity (Wildman–Crippen MR) is 79.2 cm³/mol. The average Bonchev–Trinajstić information content (AvgIpc) is 2.47. The zero-order valence-electron chi connectivity index (χ0n) is 12.5. The number of carbonyl (C=O) groups is 2. The molecule has 1 fully saturated rings. The van der Waals surface area contributed by atoms with Gasteiger partial charge in [0.1, 0.15) is 12.4 Å². The number of rotatable bonds is 4. The van der Waals surface area contributed by atoms with Gasteiger partial charge in [0.25, 0.3) is 0 Å². The molecule has 0 unspecified atom stereocenters. The second kappa shape index (κ2) is 6.56. The minimum Gasteiger partial charge on any atom is -0.480 e. The van der Waals surface area contributed by atoms with Crippen molar-refractivity contribution >= 4 is 17.7 Å². The number of hydrogen-bond acceptors (Lipinski definition) is 4. The molecule has 0 spiro atoms. The Kier molecular flexibility index (Phi) is 4.77. The Morgan fingerprint density at radius 1 is 1.38 bits per heavy atom. The molecule has 0 radical (unpaired) electrons. The fraction of sp³-hybridized carbons (Fsp3) is 0.533. The number of aryl methyl sites for hydroxylation is 1. The van der Waals surface area contributed by atoms with Gasteiger partial charge in [0.2, 0.25) is 5.91 Å². The third-order valence-electron chi connectivity index (χ3n) is 3.81. The van der Waals surface area contributed by atoms with Crippen molar-refractivity contribution in [2.24, 2.45) is 5.92 Å². The molecule has 0 aliphatic carbocycles. The van der Waals surface area contributed by atoms with Crippen LogP contribution in [0.2, 0.25) is 0 Å². The molecule has 6 nitrogen and oxygen atoms in total. The molecular formula is C15H21N3O3. The first-order valence-corrected chi connectivity index (χ1v) is 7.11. The smallest absolute Gasteiger partial charge is 0.323 e. The van der Waals surface area contributed by atoms with Gasteiger partial charge >= 0.3 is 5.97 Å². The maximum absolute atomic E-state index is 12.1. The number of piperidine rings is 1. The normalized spacial score (nSPS) is 15.8. The quantitative estimate of drug-likeness (QED) is 0.901. The second-order valence-electron chi connectivity index (χ2n) is 5.54. The van der Waals surface area contributed by atoms with E-state index in [1.165, 1.54) is 4.90 Å². The Bertz CT molecular complexity index is 507. The summed E-state index contributed by atoms with van der Waals surface area (Å²) in [5.74, 6) is -0.206. The van der Waals surface area contributed by atoms with Crippen molar-refractivity contribution < 1.29 is 14.7 Å². The molecular weight excluding hydrogens is 270 g/mol. The minimum absolute atomic E-state index is 0.0751. The molecule has 2 heterocycles. The van der Waals surface area contributed by atoms with Crippen molar-refractivity contribution in [3.63, 3.8) is 0 Å². The molecule has 0 aromatic carbocycles. The van der Waals surface area contributed by atoms with E-state index >= 15 is 0 Å². The summed E-state index contributed by atoms with van der Waals surface area (Å²) in [6.07, 6.45) is 3.31. The molecule has 21 heavy (non-hydrogen) atoms.